The average Bonchev–Trinajstić information content (AvgIpc) is 2.24. The highest BCUT2D eigenvalue weighted by molar-refractivity contribution is 7.92. The van der Waals surface area contributed by atoms with E-state index in [9.17, 15) is 8.42 Å². The lowest BCUT2D eigenvalue weighted by atomic mass is 9.74. The van der Waals surface area contributed by atoms with Crippen molar-refractivity contribution in [2.45, 2.75) is 31.9 Å². The van der Waals surface area contributed by atoms with Crippen LogP contribution in [0.1, 0.15) is 26.7 Å². The van der Waals surface area contributed by atoms with Crippen LogP contribution in [0.2, 0.25) is 0 Å². The maximum absolute atomic E-state index is 12.4. The van der Waals surface area contributed by atoms with Gasteiger partial charge in [-0.2, -0.15) is 0 Å². The minimum atomic E-state index is -2.97. The highest BCUT2D eigenvalue weighted by atomic mass is 32.2. The first kappa shape index (κ1) is 13.3. The van der Waals surface area contributed by atoms with E-state index in [1.807, 2.05) is 0 Å². The summed E-state index contributed by atoms with van der Waals surface area (Å²) in [6, 6.07) is 0. The molecule has 2 aliphatic rings. The van der Waals surface area contributed by atoms with Gasteiger partial charge in [0.2, 0.25) is 0 Å². The lowest BCUT2D eigenvalue weighted by Gasteiger charge is -2.46. The van der Waals surface area contributed by atoms with Crippen LogP contribution < -0.4 is 5.32 Å². The summed E-state index contributed by atoms with van der Waals surface area (Å²) < 4.78 is 30.1. The molecule has 0 spiro atoms. The van der Waals surface area contributed by atoms with Gasteiger partial charge in [0.05, 0.1) is 11.0 Å². The summed E-state index contributed by atoms with van der Waals surface area (Å²) in [7, 11) is -2.97. The second kappa shape index (κ2) is 4.86. The Balaban J connectivity index is 2.05. The van der Waals surface area contributed by atoms with Gasteiger partial charge in [-0.3, -0.25) is 0 Å². The molecular formula is C12H23NO3S. The van der Waals surface area contributed by atoms with Crippen molar-refractivity contribution < 1.29 is 13.2 Å². The molecule has 1 N–H and O–H groups in total. The van der Waals surface area contributed by atoms with Gasteiger partial charge in [0.1, 0.15) is 0 Å². The molecule has 0 aromatic carbocycles. The first-order valence-corrected chi connectivity index (χ1v) is 8.18. The number of ether oxygens (including phenoxy) is 1. The SMILES string of the molecule is CC(C)C1(CS(=O)(=O)C2CCOCC2)CNC1. The summed E-state index contributed by atoms with van der Waals surface area (Å²) >= 11 is 0. The molecule has 100 valence electrons. The van der Waals surface area contributed by atoms with E-state index in [1.165, 1.54) is 0 Å². The monoisotopic (exact) mass is 261 g/mol. The summed E-state index contributed by atoms with van der Waals surface area (Å²) in [5.41, 5.74) is -0.0306. The van der Waals surface area contributed by atoms with Gasteiger partial charge in [-0.25, -0.2) is 8.42 Å². The van der Waals surface area contributed by atoms with Crippen LogP contribution in [0.15, 0.2) is 0 Å². The van der Waals surface area contributed by atoms with Crippen molar-refractivity contribution in [2.75, 3.05) is 32.1 Å². The van der Waals surface area contributed by atoms with E-state index in [0.29, 0.717) is 37.7 Å². The minimum Gasteiger partial charge on any atom is -0.381 e. The Morgan fingerprint density at radius 1 is 1.29 bits per heavy atom. The first-order valence-electron chi connectivity index (χ1n) is 6.46. The van der Waals surface area contributed by atoms with Gasteiger partial charge in [-0.05, 0) is 18.8 Å². The summed E-state index contributed by atoms with van der Waals surface area (Å²) in [4.78, 5) is 0. The summed E-state index contributed by atoms with van der Waals surface area (Å²) in [6.45, 7) is 7.12. The van der Waals surface area contributed by atoms with Crippen molar-refractivity contribution in [3.63, 3.8) is 0 Å². The van der Waals surface area contributed by atoms with E-state index in [4.69, 9.17) is 4.74 Å². The van der Waals surface area contributed by atoms with Crippen LogP contribution in [0.25, 0.3) is 0 Å². The van der Waals surface area contributed by atoms with Gasteiger partial charge in [0, 0.05) is 31.7 Å². The van der Waals surface area contributed by atoms with Crippen molar-refractivity contribution in [1.29, 1.82) is 0 Å². The fourth-order valence-corrected chi connectivity index (χ4v) is 5.16. The normalized spacial score (nSPS) is 25.8. The van der Waals surface area contributed by atoms with Crippen LogP contribution >= 0.6 is 0 Å². The third-order valence-corrected chi connectivity index (χ3v) is 6.81. The Kier molecular flexibility index (Phi) is 3.80. The maximum atomic E-state index is 12.4. The number of nitrogens with one attached hydrogen (secondary N) is 1. The van der Waals surface area contributed by atoms with Crippen molar-refractivity contribution in [3.8, 4) is 0 Å². The number of hydrogen-bond donors (Lipinski definition) is 1. The molecule has 0 aliphatic carbocycles. The van der Waals surface area contributed by atoms with Gasteiger partial charge in [-0.15, -0.1) is 0 Å². The zero-order chi connectivity index (χ0) is 12.5. The summed E-state index contributed by atoms with van der Waals surface area (Å²) in [6.07, 6.45) is 1.34. The van der Waals surface area contributed by atoms with E-state index >= 15 is 0 Å². The van der Waals surface area contributed by atoms with E-state index in [1.54, 1.807) is 0 Å². The summed E-state index contributed by atoms with van der Waals surface area (Å²) in [5, 5.41) is 3.05. The van der Waals surface area contributed by atoms with Crippen LogP contribution in [0, 0.1) is 11.3 Å². The molecule has 5 heteroatoms. The molecule has 2 aliphatic heterocycles. The molecule has 0 unspecified atom stereocenters. The molecule has 0 bridgehead atoms. The lowest BCUT2D eigenvalue weighted by Crippen LogP contribution is -2.60. The average molecular weight is 261 g/mol. The topological polar surface area (TPSA) is 55.4 Å². The molecule has 2 fully saturated rings. The van der Waals surface area contributed by atoms with Crippen LogP contribution in [0.3, 0.4) is 0 Å². The minimum absolute atomic E-state index is 0.0306. The van der Waals surface area contributed by atoms with Crippen LogP contribution in [-0.2, 0) is 14.6 Å². The van der Waals surface area contributed by atoms with Crippen LogP contribution in [-0.4, -0.2) is 45.7 Å². The highest BCUT2D eigenvalue weighted by Crippen LogP contribution is 2.35. The molecule has 4 nitrogen and oxygen atoms in total. The van der Waals surface area contributed by atoms with Gasteiger partial charge < -0.3 is 10.1 Å². The maximum Gasteiger partial charge on any atom is 0.153 e. The molecule has 2 saturated heterocycles. The molecule has 2 rings (SSSR count). The van der Waals surface area contributed by atoms with Gasteiger partial charge in [0.25, 0.3) is 0 Å². The van der Waals surface area contributed by atoms with Crippen molar-refractivity contribution in [3.05, 3.63) is 0 Å². The zero-order valence-corrected chi connectivity index (χ0v) is 11.6. The highest BCUT2D eigenvalue weighted by Gasteiger charge is 2.45. The smallest absolute Gasteiger partial charge is 0.153 e. The Morgan fingerprint density at radius 3 is 2.29 bits per heavy atom. The Hall–Kier alpha value is -0.130. The van der Waals surface area contributed by atoms with Crippen LogP contribution in [0.4, 0.5) is 0 Å². The Bertz CT molecular complexity index is 354. The molecule has 2 heterocycles. The van der Waals surface area contributed by atoms with Crippen molar-refractivity contribution >= 4 is 9.84 Å². The third-order valence-electron chi connectivity index (χ3n) is 4.34. The molecule has 0 aromatic heterocycles. The molecule has 0 aromatic rings. The predicted octanol–water partition coefficient (Wildman–Crippen LogP) is 0.826. The Morgan fingerprint density at radius 2 is 1.88 bits per heavy atom. The number of sulfone groups is 1. The fraction of sp³-hybridized carbons (Fsp3) is 1.00. The standard InChI is InChI=1S/C12H23NO3S/c1-10(2)12(7-13-8-12)9-17(14,15)11-3-5-16-6-4-11/h10-11,13H,3-9H2,1-2H3. The Labute approximate surface area is 104 Å². The molecule has 17 heavy (non-hydrogen) atoms. The first-order chi connectivity index (χ1) is 7.96. The summed E-state index contributed by atoms with van der Waals surface area (Å²) in [5.74, 6) is 0.758. The molecule has 0 radical (unpaired) electrons. The fourth-order valence-electron chi connectivity index (χ4n) is 2.68. The van der Waals surface area contributed by atoms with E-state index in [0.717, 1.165) is 13.1 Å². The van der Waals surface area contributed by atoms with Crippen molar-refractivity contribution in [2.24, 2.45) is 11.3 Å². The van der Waals surface area contributed by atoms with Gasteiger partial charge in [-0.1, -0.05) is 13.8 Å². The second-order valence-electron chi connectivity index (χ2n) is 5.74. The lowest BCUT2D eigenvalue weighted by molar-refractivity contribution is 0.0965. The zero-order valence-electron chi connectivity index (χ0n) is 10.7. The second-order valence-corrected chi connectivity index (χ2v) is 8.02. The van der Waals surface area contributed by atoms with Gasteiger partial charge in [0.15, 0.2) is 9.84 Å². The molecule has 0 amide bonds. The molecule has 0 atom stereocenters. The predicted molar refractivity (Wildman–Crippen MR) is 67.8 cm³/mol. The van der Waals surface area contributed by atoms with Crippen molar-refractivity contribution in [1.82, 2.24) is 5.32 Å². The quantitative estimate of drug-likeness (QED) is 0.814. The van der Waals surface area contributed by atoms with E-state index in [-0.39, 0.29) is 10.7 Å². The van der Waals surface area contributed by atoms with Crippen LogP contribution in [0.5, 0.6) is 0 Å². The molecule has 0 saturated carbocycles. The number of hydrogen-bond acceptors (Lipinski definition) is 4. The van der Waals surface area contributed by atoms with Gasteiger partial charge >= 0.3 is 0 Å². The molecular weight excluding hydrogens is 238 g/mol. The third kappa shape index (κ3) is 2.66. The number of rotatable bonds is 4. The van der Waals surface area contributed by atoms with E-state index in [2.05, 4.69) is 19.2 Å². The van der Waals surface area contributed by atoms with E-state index < -0.39 is 9.84 Å². The largest absolute Gasteiger partial charge is 0.381 e.